The van der Waals surface area contributed by atoms with Crippen LogP contribution in [0.5, 0.6) is 0 Å². The van der Waals surface area contributed by atoms with Crippen molar-refractivity contribution in [3.63, 3.8) is 0 Å². The Hall–Kier alpha value is -2.69. The summed E-state index contributed by atoms with van der Waals surface area (Å²) in [5.41, 5.74) is 4.56. The van der Waals surface area contributed by atoms with Crippen molar-refractivity contribution < 1.29 is 23.6 Å². The standard InChI is InChI=1S/C27H40N4O5Si/c1-16-24(17(2)36-30-16)18-9-10-23-22(13-18)28-25(31(23)19-14-20(15-19)34-6)21(29-26(32)33)11-12-35-37(7,8)27(3,4)5/h9-10,13,19-21,29H,11-12,14-15H2,1-8H3,(H,32,33)/t19-,20+,21-/m0/s1. The number of fused-ring (bicyclic) bond motifs is 1. The maximum atomic E-state index is 11.8. The van der Waals surface area contributed by atoms with Gasteiger partial charge in [0.25, 0.3) is 0 Å². The van der Waals surface area contributed by atoms with Crippen molar-refractivity contribution in [1.82, 2.24) is 20.0 Å². The smallest absolute Gasteiger partial charge is 0.405 e. The number of rotatable bonds is 9. The zero-order valence-electron chi connectivity index (χ0n) is 23.2. The molecule has 0 bridgehead atoms. The van der Waals surface area contributed by atoms with Crippen molar-refractivity contribution >= 4 is 25.4 Å². The summed E-state index contributed by atoms with van der Waals surface area (Å²) in [6.07, 6.45) is 1.35. The Balaban J connectivity index is 1.73. The third-order valence-electron chi connectivity index (χ3n) is 8.09. The number of ether oxygens (including phenoxy) is 1. The maximum absolute atomic E-state index is 11.8. The first kappa shape index (κ1) is 27.3. The van der Waals surface area contributed by atoms with E-state index in [0.29, 0.717) is 18.9 Å². The molecular formula is C27H40N4O5Si. The number of nitrogens with zero attached hydrogens (tertiary/aromatic N) is 3. The molecule has 0 unspecified atom stereocenters. The van der Waals surface area contributed by atoms with Crippen molar-refractivity contribution in [2.45, 2.75) is 90.2 Å². The van der Waals surface area contributed by atoms with Crippen molar-refractivity contribution in [1.29, 1.82) is 0 Å². The van der Waals surface area contributed by atoms with E-state index in [4.69, 9.17) is 18.7 Å². The Kier molecular flexibility index (Phi) is 7.56. The first-order valence-electron chi connectivity index (χ1n) is 12.9. The number of carboxylic acid groups (broad SMARTS) is 1. The molecule has 10 heteroatoms. The van der Waals surface area contributed by atoms with Gasteiger partial charge < -0.3 is 28.7 Å². The van der Waals surface area contributed by atoms with Gasteiger partial charge in [-0.2, -0.15) is 0 Å². The highest BCUT2D eigenvalue weighted by Gasteiger charge is 2.38. The number of aromatic nitrogens is 3. The fourth-order valence-electron chi connectivity index (χ4n) is 4.80. The number of amides is 1. The van der Waals surface area contributed by atoms with Crippen LogP contribution in [0.3, 0.4) is 0 Å². The molecule has 1 aromatic carbocycles. The Labute approximate surface area is 219 Å². The molecule has 1 amide bonds. The Morgan fingerprint density at radius 1 is 1.30 bits per heavy atom. The highest BCUT2D eigenvalue weighted by Crippen LogP contribution is 2.41. The minimum absolute atomic E-state index is 0.0750. The van der Waals surface area contributed by atoms with Gasteiger partial charge in [0, 0.05) is 25.3 Å². The molecule has 1 aliphatic carbocycles. The lowest BCUT2D eigenvalue weighted by atomic mass is 9.88. The summed E-state index contributed by atoms with van der Waals surface area (Å²) in [7, 11) is -0.240. The minimum Gasteiger partial charge on any atom is -0.465 e. The number of hydrogen-bond acceptors (Lipinski definition) is 6. The first-order chi connectivity index (χ1) is 17.3. The van der Waals surface area contributed by atoms with Crippen LogP contribution in [0.15, 0.2) is 22.7 Å². The summed E-state index contributed by atoms with van der Waals surface area (Å²) in [6.45, 7) is 15.3. The molecule has 2 aromatic heterocycles. The number of imidazole rings is 1. The predicted molar refractivity (Wildman–Crippen MR) is 145 cm³/mol. The second-order valence-electron chi connectivity index (χ2n) is 11.6. The van der Waals surface area contributed by atoms with Crippen LogP contribution in [0.25, 0.3) is 22.2 Å². The zero-order valence-corrected chi connectivity index (χ0v) is 24.2. The Morgan fingerprint density at radius 3 is 2.57 bits per heavy atom. The molecule has 0 saturated heterocycles. The van der Waals surface area contributed by atoms with Crippen molar-refractivity contribution in [2.24, 2.45) is 0 Å². The molecule has 1 fully saturated rings. The second-order valence-corrected chi connectivity index (χ2v) is 16.4. The van der Waals surface area contributed by atoms with Gasteiger partial charge >= 0.3 is 6.09 Å². The average Bonchev–Trinajstić information content (AvgIpc) is 3.30. The molecule has 1 aliphatic rings. The molecule has 3 aromatic rings. The fourth-order valence-corrected chi connectivity index (χ4v) is 5.86. The molecule has 0 spiro atoms. The number of aryl methyl sites for hydroxylation is 2. The molecule has 1 saturated carbocycles. The van der Waals surface area contributed by atoms with Gasteiger partial charge in [-0.25, -0.2) is 9.78 Å². The molecule has 37 heavy (non-hydrogen) atoms. The normalized spacial score (nSPS) is 19.1. The van der Waals surface area contributed by atoms with Gasteiger partial charge in [-0.1, -0.05) is 32.0 Å². The summed E-state index contributed by atoms with van der Waals surface area (Å²) in [5.74, 6) is 1.47. The quantitative estimate of drug-likeness (QED) is 0.310. The highest BCUT2D eigenvalue weighted by atomic mass is 28.4. The van der Waals surface area contributed by atoms with Gasteiger partial charge in [0.2, 0.25) is 0 Å². The van der Waals surface area contributed by atoms with Gasteiger partial charge in [-0.15, -0.1) is 0 Å². The van der Waals surface area contributed by atoms with Crippen molar-refractivity contribution in [3.05, 3.63) is 35.5 Å². The molecule has 0 radical (unpaired) electrons. The number of carbonyl (C=O) groups is 1. The van der Waals surface area contributed by atoms with Crippen molar-refractivity contribution in [2.75, 3.05) is 13.7 Å². The molecule has 202 valence electrons. The van der Waals surface area contributed by atoms with Crippen LogP contribution in [-0.2, 0) is 9.16 Å². The number of methoxy groups -OCH3 is 1. The molecule has 1 atom stereocenters. The van der Waals surface area contributed by atoms with Crippen LogP contribution in [0.1, 0.15) is 69.4 Å². The van der Waals surface area contributed by atoms with Crippen LogP contribution >= 0.6 is 0 Å². The second kappa shape index (κ2) is 10.2. The highest BCUT2D eigenvalue weighted by molar-refractivity contribution is 6.74. The van der Waals surface area contributed by atoms with Gasteiger partial charge in [0.1, 0.15) is 11.6 Å². The van der Waals surface area contributed by atoms with Crippen LogP contribution in [0, 0.1) is 13.8 Å². The van der Waals surface area contributed by atoms with Crippen LogP contribution < -0.4 is 5.32 Å². The van der Waals surface area contributed by atoms with Gasteiger partial charge in [0.05, 0.1) is 28.9 Å². The summed E-state index contributed by atoms with van der Waals surface area (Å²) in [4.78, 5) is 16.9. The summed E-state index contributed by atoms with van der Waals surface area (Å²) in [5, 5.41) is 16.6. The number of benzene rings is 1. The summed E-state index contributed by atoms with van der Waals surface area (Å²) < 4.78 is 19.5. The van der Waals surface area contributed by atoms with E-state index in [0.717, 1.165) is 46.5 Å². The fraction of sp³-hybridized carbons (Fsp3) is 0.593. The topological polar surface area (TPSA) is 112 Å². The number of hydrogen-bond donors (Lipinski definition) is 2. The monoisotopic (exact) mass is 528 g/mol. The third-order valence-corrected chi connectivity index (χ3v) is 12.6. The van der Waals surface area contributed by atoms with Gasteiger partial charge in [0.15, 0.2) is 8.32 Å². The lowest BCUT2D eigenvalue weighted by molar-refractivity contribution is 0.00604. The van der Waals surface area contributed by atoms with E-state index in [1.54, 1.807) is 7.11 Å². The van der Waals surface area contributed by atoms with Crippen molar-refractivity contribution in [3.8, 4) is 11.1 Å². The van der Waals surface area contributed by atoms with E-state index in [1.807, 2.05) is 19.9 Å². The van der Waals surface area contributed by atoms with E-state index in [-0.39, 0.29) is 17.2 Å². The summed E-state index contributed by atoms with van der Waals surface area (Å²) in [6, 6.07) is 5.85. The Bertz CT molecular complexity index is 1250. The average molecular weight is 529 g/mol. The van der Waals surface area contributed by atoms with E-state index >= 15 is 0 Å². The zero-order chi connectivity index (χ0) is 27.1. The first-order valence-corrected chi connectivity index (χ1v) is 15.8. The van der Waals surface area contributed by atoms with E-state index in [1.165, 1.54) is 0 Å². The molecule has 0 aliphatic heterocycles. The Morgan fingerprint density at radius 2 is 2.00 bits per heavy atom. The van der Waals surface area contributed by atoms with Crippen LogP contribution in [0.4, 0.5) is 4.79 Å². The largest absolute Gasteiger partial charge is 0.465 e. The molecule has 9 nitrogen and oxygen atoms in total. The minimum atomic E-state index is -1.97. The number of nitrogens with one attached hydrogen (secondary N) is 1. The summed E-state index contributed by atoms with van der Waals surface area (Å²) >= 11 is 0. The van der Waals surface area contributed by atoms with Crippen LogP contribution in [0.2, 0.25) is 18.1 Å². The maximum Gasteiger partial charge on any atom is 0.405 e. The predicted octanol–water partition coefficient (Wildman–Crippen LogP) is 6.38. The SMILES string of the molecule is CO[C@H]1C[C@@H](n2c([C@H](CCO[Si](C)(C)C(C)(C)C)NC(=O)O)nc3cc(-c4c(C)noc4C)ccc32)C1. The lowest BCUT2D eigenvalue weighted by Gasteiger charge is -2.38. The van der Waals surface area contributed by atoms with Crippen LogP contribution in [-0.4, -0.2) is 54.0 Å². The molecular weight excluding hydrogens is 488 g/mol. The molecule has 4 rings (SSSR count). The molecule has 2 N–H and O–H groups in total. The van der Waals surface area contributed by atoms with E-state index in [9.17, 15) is 9.90 Å². The third kappa shape index (κ3) is 5.46. The van der Waals surface area contributed by atoms with E-state index < -0.39 is 20.5 Å². The lowest BCUT2D eigenvalue weighted by Crippen LogP contribution is -2.42. The van der Waals surface area contributed by atoms with Gasteiger partial charge in [-0.05, 0) is 68.9 Å². The van der Waals surface area contributed by atoms with Gasteiger partial charge in [-0.3, -0.25) is 0 Å². The van der Waals surface area contributed by atoms with E-state index in [2.05, 4.69) is 61.0 Å². The molecule has 2 heterocycles.